The van der Waals surface area contributed by atoms with Gasteiger partial charge in [-0.1, -0.05) is 50.3 Å². The lowest BCUT2D eigenvalue weighted by molar-refractivity contribution is 0.200. The van der Waals surface area contributed by atoms with E-state index in [2.05, 4.69) is 55.6 Å². The lowest BCUT2D eigenvalue weighted by Crippen LogP contribution is -2.18. The summed E-state index contributed by atoms with van der Waals surface area (Å²) in [6.45, 7) is 6.97. The number of hydrogen-bond donors (Lipinski definition) is 1. The van der Waals surface area contributed by atoms with Gasteiger partial charge in [0.25, 0.3) is 0 Å². The topological polar surface area (TPSA) is 21.3 Å². The first kappa shape index (κ1) is 13.9. The fraction of sp³-hybridized carbons (Fsp3) is 0.467. The molecule has 0 saturated heterocycles. The van der Waals surface area contributed by atoms with Crippen LogP contribution in [-0.4, -0.2) is 26.8 Å². The Balaban J connectivity index is 2.33. The predicted molar refractivity (Wildman–Crippen MR) is 74.3 cm³/mol. The average molecular weight is 233 g/mol. The van der Waals surface area contributed by atoms with E-state index in [1.165, 1.54) is 11.1 Å². The Morgan fingerprint density at radius 3 is 2.53 bits per heavy atom. The number of ether oxygens (including phenoxy) is 1. The molecule has 0 fully saturated rings. The number of rotatable bonds is 7. The number of benzene rings is 1. The van der Waals surface area contributed by atoms with E-state index in [0.717, 1.165) is 19.7 Å². The highest BCUT2D eigenvalue weighted by Crippen LogP contribution is 2.15. The van der Waals surface area contributed by atoms with E-state index in [-0.39, 0.29) is 0 Å². The second-order valence-corrected chi connectivity index (χ2v) is 4.42. The zero-order valence-electron chi connectivity index (χ0n) is 11.1. The summed E-state index contributed by atoms with van der Waals surface area (Å²) in [5, 5.41) is 3.27. The molecule has 0 aliphatic carbocycles. The van der Waals surface area contributed by atoms with Gasteiger partial charge in [-0.2, -0.15) is 0 Å². The van der Waals surface area contributed by atoms with Crippen LogP contribution in [0.1, 0.15) is 30.9 Å². The molecule has 0 heterocycles. The fourth-order valence-corrected chi connectivity index (χ4v) is 1.55. The van der Waals surface area contributed by atoms with Crippen molar-refractivity contribution in [3.05, 3.63) is 41.5 Å². The molecule has 94 valence electrons. The van der Waals surface area contributed by atoms with Gasteiger partial charge in [0.2, 0.25) is 0 Å². The third-order valence-electron chi connectivity index (χ3n) is 2.66. The molecule has 2 heteroatoms. The summed E-state index contributed by atoms with van der Waals surface area (Å²) >= 11 is 0. The van der Waals surface area contributed by atoms with Crippen molar-refractivity contribution in [3.63, 3.8) is 0 Å². The van der Waals surface area contributed by atoms with Crippen LogP contribution < -0.4 is 5.32 Å². The van der Waals surface area contributed by atoms with Crippen LogP contribution in [0.15, 0.2) is 30.3 Å². The van der Waals surface area contributed by atoms with Crippen LogP contribution in [0.25, 0.3) is 6.08 Å². The molecule has 0 saturated carbocycles. The van der Waals surface area contributed by atoms with Crippen molar-refractivity contribution >= 4 is 6.08 Å². The van der Waals surface area contributed by atoms with Gasteiger partial charge in [-0.3, -0.25) is 0 Å². The molecule has 1 N–H and O–H groups in total. The Morgan fingerprint density at radius 2 is 1.94 bits per heavy atom. The van der Waals surface area contributed by atoms with Gasteiger partial charge in [0, 0.05) is 20.2 Å². The van der Waals surface area contributed by atoms with E-state index < -0.39 is 0 Å². The van der Waals surface area contributed by atoms with Crippen molar-refractivity contribution in [2.75, 3.05) is 26.8 Å². The normalized spacial score (nSPS) is 11.5. The molecular weight excluding hydrogens is 210 g/mol. The molecule has 0 aliphatic heterocycles. The molecule has 17 heavy (non-hydrogen) atoms. The van der Waals surface area contributed by atoms with Crippen LogP contribution in [0, 0.1) is 0 Å². The lowest BCUT2D eigenvalue weighted by Gasteiger charge is -2.04. The first-order valence-electron chi connectivity index (χ1n) is 6.20. The van der Waals surface area contributed by atoms with E-state index >= 15 is 0 Å². The number of hydrogen-bond acceptors (Lipinski definition) is 2. The van der Waals surface area contributed by atoms with E-state index in [0.29, 0.717) is 5.92 Å². The minimum absolute atomic E-state index is 0.601. The molecule has 0 atom stereocenters. The predicted octanol–water partition coefficient (Wildman–Crippen LogP) is 3.06. The standard InChI is InChI=1S/C15H23NO/c1-13(2)15-8-6-14(7-9-15)5-4-10-16-11-12-17-3/h4-9,13,16H,10-12H2,1-3H3. The van der Waals surface area contributed by atoms with Gasteiger partial charge in [0.1, 0.15) is 0 Å². The number of nitrogens with one attached hydrogen (secondary N) is 1. The Labute approximate surface area is 105 Å². The molecule has 0 amide bonds. The van der Waals surface area contributed by atoms with E-state index in [1.54, 1.807) is 7.11 Å². The minimum Gasteiger partial charge on any atom is -0.383 e. The van der Waals surface area contributed by atoms with Crippen molar-refractivity contribution in [2.45, 2.75) is 19.8 Å². The summed E-state index contributed by atoms with van der Waals surface area (Å²) in [5.41, 5.74) is 2.64. The second-order valence-electron chi connectivity index (χ2n) is 4.42. The van der Waals surface area contributed by atoms with Crippen LogP contribution in [0.3, 0.4) is 0 Å². The van der Waals surface area contributed by atoms with Crippen molar-refractivity contribution in [1.82, 2.24) is 5.32 Å². The molecule has 0 radical (unpaired) electrons. The number of methoxy groups -OCH3 is 1. The highest BCUT2D eigenvalue weighted by Gasteiger charge is 1.96. The van der Waals surface area contributed by atoms with Crippen molar-refractivity contribution < 1.29 is 4.74 Å². The molecular formula is C15H23NO. The molecule has 0 spiro atoms. The van der Waals surface area contributed by atoms with Crippen LogP contribution in [0.4, 0.5) is 0 Å². The Bertz CT molecular complexity index is 327. The van der Waals surface area contributed by atoms with Crippen molar-refractivity contribution in [1.29, 1.82) is 0 Å². The highest BCUT2D eigenvalue weighted by molar-refractivity contribution is 5.50. The third kappa shape index (κ3) is 5.66. The molecule has 2 nitrogen and oxygen atoms in total. The molecule has 1 aromatic rings. The summed E-state index contributed by atoms with van der Waals surface area (Å²) in [5.74, 6) is 0.601. The fourth-order valence-electron chi connectivity index (χ4n) is 1.55. The van der Waals surface area contributed by atoms with E-state index in [4.69, 9.17) is 4.74 Å². The summed E-state index contributed by atoms with van der Waals surface area (Å²) in [7, 11) is 1.72. The third-order valence-corrected chi connectivity index (χ3v) is 2.66. The van der Waals surface area contributed by atoms with Crippen molar-refractivity contribution in [3.8, 4) is 0 Å². The maximum atomic E-state index is 4.96. The van der Waals surface area contributed by atoms with Crippen LogP contribution >= 0.6 is 0 Å². The zero-order chi connectivity index (χ0) is 12.5. The van der Waals surface area contributed by atoms with Gasteiger partial charge in [0.05, 0.1) is 6.61 Å². The Kier molecular flexibility index (Phi) is 6.60. The highest BCUT2D eigenvalue weighted by atomic mass is 16.5. The maximum Gasteiger partial charge on any atom is 0.0587 e. The first-order chi connectivity index (χ1) is 8.24. The minimum atomic E-state index is 0.601. The Morgan fingerprint density at radius 1 is 1.24 bits per heavy atom. The average Bonchev–Trinajstić information content (AvgIpc) is 2.34. The molecule has 0 aliphatic rings. The Hall–Kier alpha value is -1.12. The molecule has 0 aromatic heterocycles. The van der Waals surface area contributed by atoms with E-state index in [9.17, 15) is 0 Å². The zero-order valence-corrected chi connectivity index (χ0v) is 11.1. The van der Waals surface area contributed by atoms with Gasteiger partial charge >= 0.3 is 0 Å². The van der Waals surface area contributed by atoms with Gasteiger partial charge in [-0.25, -0.2) is 0 Å². The summed E-state index contributed by atoms with van der Waals surface area (Å²) in [6, 6.07) is 8.73. The smallest absolute Gasteiger partial charge is 0.0587 e. The van der Waals surface area contributed by atoms with Crippen LogP contribution in [-0.2, 0) is 4.74 Å². The monoisotopic (exact) mass is 233 g/mol. The molecule has 0 bridgehead atoms. The van der Waals surface area contributed by atoms with Crippen LogP contribution in [0.2, 0.25) is 0 Å². The van der Waals surface area contributed by atoms with E-state index in [1.807, 2.05) is 0 Å². The quantitative estimate of drug-likeness (QED) is 0.731. The first-order valence-corrected chi connectivity index (χ1v) is 6.20. The van der Waals surface area contributed by atoms with Crippen LogP contribution in [0.5, 0.6) is 0 Å². The second kappa shape index (κ2) is 8.04. The summed E-state index contributed by atoms with van der Waals surface area (Å²) in [4.78, 5) is 0. The molecule has 1 rings (SSSR count). The molecule has 1 aromatic carbocycles. The summed E-state index contributed by atoms with van der Waals surface area (Å²) < 4.78 is 4.96. The van der Waals surface area contributed by atoms with Crippen molar-refractivity contribution in [2.24, 2.45) is 0 Å². The molecule has 0 unspecified atom stereocenters. The van der Waals surface area contributed by atoms with Gasteiger partial charge in [-0.05, 0) is 17.0 Å². The SMILES string of the molecule is COCCNCC=Cc1ccc(C(C)C)cc1. The summed E-state index contributed by atoms with van der Waals surface area (Å²) in [6.07, 6.45) is 4.28. The van der Waals surface area contributed by atoms with Gasteiger partial charge in [0.15, 0.2) is 0 Å². The largest absolute Gasteiger partial charge is 0.383 e. The van der Waals surface area contributed by atoms with Gasteiger partial charge in [-0.15, -0.1) is 0 Å². The maximum absolute atomic E-state index is 4.96. The van der Waals surface area contributed by atoms with Gasteiger partial charge < -0.3 is 10.1 Å². The lowest BCUT2D eigenvalue weighted by atomic mass is 10.0.